The first-order chi connectivity index (χ1) is 8.36. The van der Waals surface area contributed by atoms with E-state index in [1.54, 1.807) is 0 Å². The van der Waals surface area contributed by atoms with Gasteiger partial charge in [-0.1, -0.05) is 13.8 Å². The summed E-state index contributed by atoms with van der Waals surface area (Å²) >= 11 is 0. The van der Waals surface area contributed by atoms with Crippen molar-refractivity contribution in [2.24, 2.45) is 5.92 Å². The zero-order valence-electron chi connectivity index (χ0n) is 11.3. The summed E-state index contributed by atoms with van der Waals surface area (Å²) in [6, 6.07) is -0.923. The second-order valence-electron chi connectivity index (χ2n) is 4.87. The molecule has 0 aromatic heterocycles. The van der Waals surface area contributed by atoms with Crippen LogP contribution in [0.1, 0.15) is 33.6 Å². The molecule has 0 saturated heterocycles. The van der Waals surface area contributed by atoms with Gasteiger partial charge >= 0.3 is 5.97 Å². The lowest BCUT2D eigenvalue weighted by Gasteiger charge is -2.18. The van der Waals surface area contributed by atoms with Crippen molar-refractivity contribution in [1.29, 1.82) is 0 Å². The van der Waals surface area contributed by atoms with Crippen molar-refractivity contribution < 1.29 is 19.8 Å². The molecule has 0 aliphatic heterocycles. The van der Waals surface area contributed by atoms with E-state index < -0.39 is 12.0 Å². The van der Waals surface area contributed by atoms with Crippen LogP contribution in [0.25, 0.3) is 0 Å². The van der Waals surface area contributed by atoms with Gasteiger partial charge in [0.2, 0.25) is 5.91 Å². The van der Waals surface area contributed by atoms with Gasteiger partial charge in [0.25, 0.3) is 0 Å². The molecular weight excluding hydrogens is 236 g/mol. The first-order valence-electron chi connectivity index (χ1n) is 6.23. The van der Waals surface area contributed by atoms with Crippen molar-refractivity contribution in [2.75, 3.05) is 13.2 Å². The largest absolute Gasteiger partial charge is 0.480 e. The van der Waals surface area contributed by atoms with E-state index in [1.165, 1.54) is 0 Å². The molecule has 1 unspecified atom stereocenters. The highest BCUT2D eigenvalue weighted by molar-refractivity contribution is 5.83. The Labute approximate surface area is 108 Å². The first-order valence-corrected chi connectivity index (χ1v) is 6.23. The zero-order valence-corrected chi connectivity index (χ0v) is 11.3. The van der Waals surface area contributed by atoms with Gasteiger partial charge in [0.1, 0.15) is 6.04 Å². The fourth-order valence-corrected chi connectivity index (χ4v) is 1.61. The Balaban J connectivity index is 4.13. The van der Waals surface area contributed by atoms with Crippen LogP contribution < -0.4 is 10.6 Å². The second kappa shape index (κ2) is 8.88. The summed E-state index contributed by atoms with van der Waals surface area (Å²) in [5.74, 6) is -1.09. The lowest BCUT2D eigenvalue weighted by atomic mass is 10.0. The van der Waals surface area contributed by atoms with E-state index in [0.717, 1.165) is 0 Å². The van der Waals surface area contributed by atoms with Crippen LogP contribution in [0.2, 0.25) is 0 Å². The Hall–Kier alpha value is -1.14. The lowest BCUT2D eigenvalue weighted by Crippen LogP contribution is -2.44. The standard InChI is InChI=1S/C12H24N2O4/c1-8(2)6-10(12(17)18)14-11(16)7-9(3)13-4-5-15/h8-10,13,15H,4-7H2,1-3H3,(H,14,16)(H,17,18)/t9?,10-/m0/s1. The predicted octanol–water partition coefficient (Wildman–Crippen LogP) is -0.0376. The molecule has 6 nitrogen and oxygen atoms in total. The molecule has 0 bridgehead atoms. The minimum absolute atomic E-state index is 0.0110. The molecule has 0 aliphatic rings. The van der Waals surface area contributed by atoms with Gasteiger partial charge in [0.15, 0.2) is 0 Å². The van der Waals surface area contributed by atoms with Crippen molar-refractivity contribution in [3.05, 3.63) is 0 Å². The van der Waals surface area contributed by atoms with Crippen LogP contribution in [0.3, 0.4) is 0 Å². The summed E-state index contributed by atoms with van der Waals surface area (Å²) in [6.07, 6.45) is 0.612. The number of aliphatic hydroxyl groups is 1. The van der Waals surface area contributed by atoms with Crippen molar-refractivity contribution >= 4 is 11.9 Å². The number of carbonyl (C=O) groups is 2. The maximum Gasteiger partial charge on any atom is 0.326 e. The number of hydrogen-bond donors (Lipinski definition) is 4. The third-order valence-electron chi connectivity index (χ3n) is 2.44. The number of aliphatic carboxylic acids is 1. The normalized spacial score (nSPS) is 14.3. The molecule has 0 aromatic rings. The predicted molar refractivity (Wildman–Crippen MR) is 68.2 cm³/mol. The van der Waals surface area contributed by atoms with Gasteiger partial charge in [0, 0.05) is 19.0 Å². The van der Waals surface area contributed by atoms with E-state index >= 15 is 0 Å². The Morgan fingerprint density at radius 2 is 1.83 bits per heavy atom. The minimum Gasteiger partial charge on any atom is -0.480 e. The van der Waals surface area contributed by atoms with Crippen LogP contribution in [0, 0.1) is 5.92 Å². The third kappa shape index (κ3) is 8.03. The molecule has 106 valence electrons. The van der Waals surface area contributed by atoms with Gasteiger partial charge in [0.05, 0.1) is 6.61 Å². The summed E-state index contributed by atoms with van der Waals surface area (Å²) in [5, 5.41) is 23.1. The van der Waals surface area contributed by atoms with E-state index in [-0.39, 0.29) is 30.9 Å². The number of rotatable bonds is 9. The highest BCUT2D eigenvalue weighted by atomic mass is 16.4. The average molecular weight is 260 g/mol. The summed E-state index contributed by atoms with van der Waals surface area (Å²) in [7, 11) is 0. The van der Waals surface area contributed by atoms with E-state index in [9.17, 15) is 9.59 Å². The number of carbonyl (C=O) groups excluding carboxylic acids is 1. The highest BCUT2D eigenvalue weighted by Gasteiger charge is 2.21. The molecule has 0 aromatic carbocycles. The first kappa shape index (κ1) is 16.9. The third-order valence-corrected chi connectivity index (χ3v) is 2.44. The quantitative estimate of drug-likeness (QED) is 0.466. The van der Waals surface area contributed by atoms with Crippen molar-refractivity contribution in [2.45, 2.75) is 45.7 Å². The maximum absolute atomic E-state index is 11.6. The van der Waals surface area contributed by atoms with Gasteiger partial charge in [-0.25, -0.2) is 4.79 Å². The number of carboxylic acid groups (broad SMARTS) is 1. The average Bonchev–Trinajstić information content (AvgIpc) is 2.24. The monoisotopic (exact) mass is 260 g/mol. The van der Waals surface area contributed by atoms with Gasteiger partial charge < -0.3 is 20.8 Å². The highest BCUT2D eigenvalue weighted by Crippen LogP contribution is 2.05. The van der Waals surface area contributed by atoms with Crippen molar-refractivity contribution in [1.82, 2.24) is 10.6 Å². The van der Waals surface area contributed by atoms with Crippen LogP contribution >= 0.6 is 0 Å². The number of aliphatic hydroxyl groups excluding tert-OH is 1. The van der Waals surface area contributed by atoms with Gasteiger partial charge in [-0.05, 0) is 19.3 Å². The van der Waals surface area contributed by atoms with Crippen LogP contribution in [0.15, 0.2) is 0 Å². The number of carboxylic acids is 1. The molecule has 2 atom stereocenters. The van der Waals surface area contributed by atoms with Crippen molar-refractivity contribution in [3.63, 3.8) is 0 Å². The second-order valence-corrected chi connectivity index (χ2v) is 4.87. The topological polar surface area (TPSA) is 98.7 Å². The van der Waals surface area contributed by atoms with Gasteiger partial charge in [-0.2, -0.15) is 0 Å². The maximum atomic E-state index is 11.6. The summed E-state index contributed by atoms with van der Waals surface area (Å²) in [5.41, 5.74) is 0. The Morgan fingerprint density at radius 3 is 2.28 bits per heavy atom. The molecule has 18 heavy (non-hydrogen) atoms. The minimum atomic E-state index is -1.01. The summed E-state index contributed by atoms with van der Waals surface area (Å²) in [4.78, 5) is 22.6. The fourth-order valence-electron chi connectivity index (χ4n) is 1.61. The molecule has 0 radical (unpaired) electrons. The Bertz CT molecular complexity index is 269. The van der Waals surface area contributed by atoms with Gasteiger partial charge in [-0.15, -0.1) is 0 Å². The molecule has 0 spiro atoms. The molecule has 0 fully saturated rings. The lowest BCUT2D eigenvalue weighted by molar-refractivity contribution is -0.142. The SMILES string of the molecule is CC(C)C[C@H](NC(=O)CC(C)NCCO)C(=O)O. The molecule has 0 aliphatic carbocycles. The Morgan fingerprint density at radius 1 is 1.22 bits per heavy atom. The van der Waals surface area contributed by atoms with E-state index in [0.29, 0.717) is 13.0 Å². The van der Waals surface area contributed by atoms with Crippen molar-refractivity contribution in [3.8, 4) is 0 Å². The van der Waals surface area contributed by atoms with E-state index in [4.69, 9.17) is 10.2 Å². The van der Waals surface area contributed by atoms with E-state index in [1.807, 2.05) is 20.8 Å². The fraction of sp³-hybridized carbons (Fsp3) is 0.833. The molecule has 0 heterocycles. The molecule has 4 N–H and O–H groups in total. The molecule has 0 rings (SSSR count). The zero-order chi connectivity index (χ0) is 14.1. The Kier molecular flexibility index (Phi) is 8.32. The number of nitrogens with one attached hydrogen (secondary N) is 2. The van der Waals surface area contributed by atoms with Crippen LogP contribution in [0.4, 0.5) is 0 Å². The molecule has 6 heteroatoms. The van der Waals surface area contributed by atoms with Gasteiger partial charge in [-0.3, -0.25) is 4.79 Å². The number of hydrogen-bond acceptors (Lipinski definition) is 4. The summed E-state index contributed by atoms with van der Waals surface area (Å²) < 4.78 is 0. The molecule has 0 saturated carbocycles. The summed E-state index contributed by atoms with van der Waals surface area (Å²) in [6.45, 7) is 6.06. The molecule has 1 amide bonds. The van der Waals surface area contributed by atoms with Crippen LogP contribution in [-0.2, 0) is 9.59 Å². The smallest absolute Gasteiger partial charge is 0.326 e. The number of amides is 1. The molecular formula is C12H24N2O4. The van der Waals surface area contributed by atoms with Crippen LogP contribution in [-0.4, -0.2) is 47.3 Å². The van der Waals surface area contributed by atoms with E-state index in [2.05, 4.69) is 10.6 Å². The van der Waals surface area contributed by atoms with Crippen LogP contribution in [0.5, 0.6) is 0 Å².